The van der Waals surface area contributed by atoms with Gasteiger partial charge >= 0.3 is 0 Å². The molecule has 1 saturated heterocycles. The van der Waals surface area contributed by atoms with Gasteiger partial charge in [0.2, 0.25) is 0 Å². The van der Waals surface area contributed by atoms with E-state index in [2.05, 4.69) is 9.62 Å². The molecule has 0 unspecified atom stereocenters. The van der Waals surface area contributed by atoms with Crippen LogP contribution in [0, 0.1) is 5.82 Å². The van der Waals surface area contributed by atoms with Crippen LogP contribution in [-0.2, 0) is 34.6 Å². The van der Waals surface area contributed by atoms with Crippen molar-refractivity contribution < 1.29 is 17.5 Å². The molecule has 3 rings (SSSR count). The molecule has 2 aromatic carbocycles. The van der Waals surface area contributed by atoms with Crippen LogP contribution in [0.1, 0.15) is 16.7 Å². The predicted molar refractivity (Wildman–Crippen MR) is 111 cm³/mol. The van der Waals surface area contributed by atoms with Crippen LogP contribution in [0.15, 0.2) is 42.5 Å². The van der Waals surface area contributed by atoms with E-state index in [0.29, 0.717) is 0 Å². The number of hydrogen-bond donors (Lipinski definition) is 1. The second kappa shape index (κ2) is 9.97. The first-order valence-corrected chi connectivity index (χ1v) is 11.2. The van der Waals surface area contributed by atoms with Gasteiger partial charge in [-0.15, -0.1) is 0 Å². The van der Waals surface area contributed by atoms with Crippen LogP contribution in [0.4, 0.5) is 4.39 Å². The Bertz CT molecular complexity index is 916. The van der Waals surface area contributed by atoms with Gasteiger partial charge in [-0.3, -0.25) is 4.90 Å². The van der Waals surface area contributed by atoms with Crippen molar-refractivity contribution in [3.63, 3.8) is 0 Å². The highest BCUT2D eigenvalue weighted by atomic mass is 35.5. The summed E-state index contributed by atoms with van der Waals surface area (Å²) in [6, 6.07) is 12.1. The summed E-state index contributed by atoms with van der Waals surface area (Å²) in [5.41, 5.74) is 2.13. The monoisotopic (exact) mass is 441 g/mol. The van der Waals surface area contributed by atoms with Gasteiger partial charge in [-0.1, -0.05) is 41.9 Å². The number of nitrogens with zero attached hydrogens (tertiary/aromatic N) is 2. The fraction of sp³-hybridized carbons (Fsp3) is 0.400. The Labute approximate surface area is 176 Å². The lowest BCUT2D eigenvalue weighted by Crippen LogP contribution is -2.37. The Kier molecular flexibility index (Phi) is 7.61. The molecule has 1 heterocycles. The third-order valence-electron chi connectivity index (χ3n) is 4.81. The van der Waals surface area contributed by atoms with E-state index in [1.165, 1.54) is 25.2 Å². The zero-order valence-corrected chi connectivity index (χ0v) is 17.8. The Morgan fingerprint density at radius 2 is 1.86 bits per heavy atom. The maximum Gasteiger partial charge on any atom is 0.279 e. The van der Waals surface area contributed by atoms with Gasteiger partial charge in [0, 0.05) is 50.4 Å². The zero-order chi connectivity index (χ0) is 20.9. The van der Waals surface area contributed by atoms with Crippen molar-refractivity contribution >= 4 is 21.8 Å². The molecule has 0 atom stereocenters. The fourth-order valence-corrected chi connectivity index (χ4v) is 4.22. The van der Waals surface area contributed by atoms with Crippen molar-refractivity contribution in [2.45, 2.75) is 19.6 Å². The lowest BCUT2D eigenvalue weighted by atomic mass is 10.1. The van der Waals surface area contributed by atoms with Gasteiger partial charge in [-0.05, 0) is 23.3 Å². The summed E-state index contributed by atoms with van der Waals surface area (Å²) >= 11 is 6.00. The van der Waals surface area contributed by atoms with Crippen molar-refractivity contribution in [1.29, 1.82) is 0 Å². The summed E-state index contributed by atoms with van der Waals surface area (Å²) in [6.45, 7) is 4.04. The van der Waals surface area contributed by atoms with Crippen LogP contribution in [0.5, 0.6) is 0 Å². The van der Waals surface area contributed by atoms with Gasteiger partial charge in [-0.25, -0.2) is 4.39 Å². The molecule has 0 spiro atoms. The highest BCUT2D eigenvalue weighted by Gasteiger charge is 2.20. The predicted octanol–water partition coefficient (Wildman–Crippen LogP) is 2.78. The first-order chi connectivity index (χ1) is 13.8. The first-order valence-electron chi connectivity index (χ1n) is 9.37. The van der Waals surface area contributed by atoms with Crippen molar-refractivity contribution in [3.05, 3.63) is 70.0 Å². The molecule has 0 saturated carbocycles. The van der Waals surface area contributed by atoms with E-state index < -0.39 is 16.0 Å². The zero-order valence-electron chi connectivity index (χ0n) is 16.3. The van der Waals surface area contributed by atoms with Crippen molar-refractivity contribution in [2.75, 3.05) is 33.4 Å². The van der Waals surface area contributed by atoms with Crippen LogP contribution in [-0.4, -0.2) is 51.0 Å². The number of hydrogen-bond acceptors (Lipinski definition) is 4. The van der Waals surface area contributed by atoms with E-state index in [9.17, 15) is 12.8 Å². The average molecular weight is 442 g/mol. The summed E-state index contributed by atoms with van der Waals surface area (Å²) in [5, 5.41) is 0.197. The number of nitrogens with one attached hydrogen (secondary N) is 1. The van der Waals surface area contributed by atoms with Crippen LogP contribution >= 0.6 is 11.6 Å². The minimum Gasteiger partial charge on any atom is -0.379 e. The number of morpholine rings is 1. The fourth-order valence-electron chi connectivity index (χ4n) is 3.13. The lowest BCUT2D eigenvalue weighted by Gasteiger charge is -2.26. The van der Waals surface area contributed by atoms with Crippen LogP contribution in [0.2, 0.25) is 5.02 Å². The van der Waals surface area contributed by atoms with E-state index in [4.69, 9.17) is 16.3 Å². The maximum absolute atomic E-state index is 13.9. The van der Waals surface area contributed by atoms with Crippen LogP contribution in [0.3, 0.4) is 0 Å². The number of ether oxygens (including phenoxy) is 1. The third kappa shape index (κ3) is 6.21. The van der Waals surface area contributed by atoms with Gasteiger partial charge in [-0.2, -0.15) is 17.4 Å². The van der Waals surface area contributed by atoms with E-state index in [0.717, 1.165) is 48.3 Å². The Morgan fingerprint density at radius 3 is 2.59 bits per heavy atom. The van der Waals surface area contributed by atoms with Gasteiger partial charge in [0.15, 0.2) is 0 Å². The smallest absolute Gasteiger partial charge is 0.279 e. The van der Waals surface area contributed by atoms with Gasteiger partial charge in [0.25, 0.3) is 10.2 Å². The molecule has 0 radical (unpaired) electrons. The number of halogens is 2. The second-order valence-corrected chi connectivity index (χ2v) is 9.26. The molecule has 0 aliphatic carbocycles. The molecular formula is C20H25ClFN3O3S. The second-order valence-electron chi connectivity index (χ2n) is 6.99. The van der Waals surface area contributed by atoms with E-state index in [1.54, 1.807) is 0 Å². The van der Waals surface area contributed by atoms with Gasteiger partial charge in [0.05, 0.1) is 13.2 Å². The number of benzene rings is 2. The Balaban J connectivity index is 1.60. The minimum atomic E-state index is -3.80. The van der Waals surface area contributed by atoms with Crippen LogP contribution in [0.25, 0.3) is 0 Å². The molecule has 9 heteroatoms. The van der Waals surface area contributed by atoms with Crippen molar-refractivity contribution in [3.8, 4) is 0 Å². The molecule has 0 bridgehead atoms. The van der Waals surface area contributed by atoms with E-state index in [1.807, 2.05) is 24.3 Å². The number of rotatable bonds is 8. The maximum atomic E-state index is 13.9. The molecule has 1 N–H and O–H groups in total. The molecule has 158 valence electrons. The summed E-state index contributed by atoms with van der Waals surface area (Å²) < 4.78 is 48.0. The molecule has 6 nitrogen and oxygen atoms in total. The molecule has 29 heavy (non-hydrogen) atoms. The molecule has 2 aromatic rings. The lowest BCUT2D eigenvalue weighted by molar-refractivity contribution is 0.0342. The third-order valence-corrected chi connectivity index (χ3v) is 6.63. The summed E-state index contributed by atoms with van der Waals surface area (Å²) in [4.78, 5) is 2.30. The topological polar surface area (TPSA) is 61.9 Å². The minimum absolute atomic E-state index is 0.147. The standard InChI is InChI=1S/C20H25ClFN3O3S/c1-24(15-18-19(21)6-3-7-20(18)22)29(26,27)23-13-16-4-2-5-17(12-16)14-25-8-10-28-11-9-25/h2-7,12,23H,8-11,13-15H2,1H3. The summed E-state index contributed by atoms with van der Waals surface area (Å²) in [5.74, 6) is -0.532. The van der Waals surface area contributed by atoms with Crippen molar-refractivity contribution in [2.24, 2.45) is 0 Å². The van der Waals surface area contributed by atoms with E-state index >= 15 is 0 Å². The molecule has 1 aliphatic rings. The molecular weight excluding hydrogens is 417 g/mol. The van der Waals surface area contributed by atoms with Gasteiger partial charge < -0.3 is 4.74 Å². The highest BCUT2D eigenvalue weighted by molar-refractivity contribution is 7.87. The van der Waals surface area contributed by atoms with Crippen LogP contribution < -0.4 is 4.72 Å². The Hall–Kier alpha value is -1.55. The largest absolute Gasteiger partial charge is 0.379 e. The molecule has 1 aliphatic heterocycles. The SMILES string of the molecule is CN(Cc1c(F)cccc1Cl)S(=O)(=O)NCc1cccc(CN2CCOCC2)c1. The van der Waals surface area contributed by atoms with Crippen molar-refractivity contribution in [1.82, 2.24) is 13.9 Å². The molecule has 1 fully saturated rings. The molecule has 0 amide bonds. The first kappa shape index (κ1) is 22.1. The van der Waals surface area contributed by atoms with E-state index in [-0.39, 0.29) is 23.7 Å². The summed E-state index contributed by atoms with van der Waals surface area (Å²) in [7, 11) is -2.41. The quantitative estimate of drug-likeness (QED) is 0.684. The summed E-state index contributed by atoms with van der Waals surface area (Å²) in [6.07, 6.45) is 0. The highest BCUT2D eigenvalue weighted by Crippen LogP contribution is 2.21. The normalized spacial score (nSPS) is 15.7. The average Bonchev–Trinajstić information content (AvgIpc) is 2.70. The Morgan fingerprint density at radius 1 is 1.17 bits per heavy atom. The molecule has 0 aromatic heterocycles. The van der Waals surface area contributed by atoms with Gasteiger partial charge in [0.1, 0.15) is 5.82 Å².